The molecule has 0 aliphatic rings. The van der Waals surface area contributed by atoms with Gasteiger partial charge in [-0.15, -0.1) is 0 Å². The predicted octanol–water partition coefficient (Wildman–Crippen LogP) is 1.42. The first kappa shape index (κ1) is 13.6. The van der Waals surface area contributed by atoms with Crippen molar-refractivity contribution in [2.45, 2.75) is 18.7 Å². The van der Waals surface area contributed by atoms with Crippen LogP contribution in [0.4, 0.5) is 0 Å². The number of nitrogens with zero attached hydrogens (tertiary/aromatic N) is 1. The standard InChI is InChI=1S/C11H14N2O3S/c1-9(2)8-16-13-17(14,15)11-6-4-3-5-10(11)7-12/h3-6,9,13H,8H2,1-2H3. The van der Waals surface area contributed by atoms with Crippen LogP contribution in [0, 0.1) is 17.2 Å². The van der Waals surface area contributed by atoms with Crippen molar-refractivity contribution in [3.8, 4) is 6.07 Å². The van der Waals surface area contributed by atoms with Gasteiger partial charge in [-0.1, -0.05) is 30.9 Å². The molecule has 0 amide bonds. The molecule has 17 heavy (non-hydrogen) atoms. The van der Waals surface area contributed by atoms with Crippen molar-refractivity contribution in [2.75, 3.05) is 6.61 Å². The molecule has 92 valence electrons. The highest BCUT2D eigenvalue weighted by Gasteiger charge is 2.18. The van der Waals surface area contributed by atoms with E-state index in [1.165, 1.54) is 12.1 Å². The smallest absolute Gasteiger partial charge is 0.263 e. The Morgan fingerprint density at radius 2 is 2.06 bits per heavy atom. The molecule has 0 aliphatic heterocycles. The van der Waals surface area contributed by atoms with Gasteiger partial charge in [-0.05, 0) is 18.1 Å². The lowest BCUT2D eigenvalue weighted by Crippen LogP contribution is -2.26. The van der Waals surface area contributed by atoms with Gasteiger partial charge in [-0.3, -0.25) is 4.84 Å². The van der Waals surface area contributed by atoms with Crippen LogP contribution in [0.2, 0.25) is 0 Å². The van der Waals surface area contributed by atoms with E-state index in [1.54, 1.807) is 12.1 Å². The van der Waals surface area contributed by atoms with Crippen molar-refractivity contribution < 1.29 is 13.3 Å². The Labute approximate surface area is 101 Å². The predicted molar refractivity (Wildman–Crippen MR) is 62.3 cm³/mol. The van der Waals surface area contributed by atoms with E-state index >= 15 is 0 Å². The maximum Gasteiger partial charge on any atom is 0.263 e. The van der Waals surface area contributed by atoms with Gasteiger partial charge in [0.05, 0.1) is 12.2 Å². The number of sulfonamides is 1. The number of nitriles is 1. The molecule has 0 aromatic heterocycles. The van der Waals surface area contributed by atoms with Crippen molar-refractivity contribution in [3.05, 3.63) is 29.8 Å². The minimum absolute atomic E-state index is 0.0775. The van der Waals surface area contributed by atoms with Crippen molar-refractivity contribution in [1.29, 1.82) is 5.26 Å². The van der Waals surface area contributed by atoms with Gasteiger partial charge in [-0.2, -0.15) is 5.26 Å². The summed E-state index contributed by atoms with van der Waals surface area (Å²) in [5, 5.41) is 8.81. The zero-order valence-electron chi connectivity index (χ0n) is 9.67. The molecule has 6 heteroatoms. The first-order valence-electron chi connectivity index (χ1n) is 5.10. The van der Waals surface area contributed by atoms with E-state index in [0.29, 0.717) is 0 Å². The maximum atomic E-state index is 11.8. The SMILES string of the molecule is CC(C)CONS(=O)(=O)c1ccccc1C#N. The molecule has 1 aromatic carbocycles. The average molecular weight is 254 g/mol. The van der Waals surface area contributed by atoms with Gasteiger partial charge in [-0.25, -0.2) is 8.42 Å². The van der Waals surface area contributed by atoms with Crippen molar-refractivity contribution in [1.82, 2.24) is 4.89 Å². The fraction of sp³-hybridized carbons (Fsp3) is 0.364. The highest BCUT2D eigenvalue weighted by atomic mass is 32.2. The summed E-state index contributed by atoms with van der Waals surface area (Å²) in [6.07, 6.45) is 0. The minimum atomic E-state index is -3.79. The second-order valence-electron chi connectivity index (χ2n) is 3.90. The van der Waals surface area contributed by atoms with Crippen molar-refractivity contribution in [2.24, 2.45) is 5.92 Å². The highest BCUT2D eigenvalue weighted by molar-refractivity contribution is 7.89. The van der Waals surface area contributed by atoms with Gasteiger partial charge in [0.25, 0.3) is 10.0 Å². The van der Waals surface area contributed by atoms with Crippen LogP contribution in [-0.2, 0) is 14.9 Å². The molecule has 0 heterocycles. The van der Waals surface area contributed by atoms with E-state index in [1.807, 2.05) is 24.8 Å². The molecule has 0 bridgehead atoms. The zero-order chi connectivity index (χ0) is 12.9. The van der Waals surface area contributed by atoms with E-state index in [2.05, 4.69) is 0 Å². The van der Waals surface area contributed by atoms with Crippen LogP contribution in [-0.4, -0.2) is 15.0 Å². The Kier molecular flexibility index (Phi) is 4.63. The number of hydrogen-bond acceptors (Lipinski definition) is 4. The molecule has 0 unspecified atom stereocenters. The van der Waals surface area contributed by atoms with Crippen LogP contribution < -0.4 is 4.89 Å². The number of hydrogen-bond donors (Lipinski definition) is 1. The van der Waals surface area contributed by atoms with Gasteiger partial charge in [0, 0.05) is 0 Å². The van der Waals surface area contributed by atoms with Crippen molar-refractivity contribution >= 4 is 10.0 Å². The Morgan fingerprint density at radius 1 is 1.41 bits per heavy atom. The van der Waals surface area contributed by atoms with Gasteiger partial charge < -0.3 is 0 Å². The molecule has 5 nitrogen and oxygen atoms in total. The summed E-state index contributed by atoms with van der Waals surface area (Å²) in [5.41, 5.74) is 0.0909. The van der Waals surface area contributed by atoms with E-state index in [-0.39, 0.29) is 23.0 Å². The third kappa shape index (κ3) is 3.82. The lowest BCUT2D eigenvalue weighted by molar-refractivity contribution is 0.0718. The fourth-order valence-corrected chi connectivity index (χ4v) is 2.09. The number of rotatable bonds is 5. The van der Waals surface area contributed by atoms with Crippen molar-refractivity contribution in [3.63, 3.8) is 0 Å². The Hall–Kier alpha value is -1.42. The molecular weight excluding hydrogens is 240 g/mol. The summed E-state index contributed by atoms with van der Waals surface area (Å²) in [4.78, 5) is 6.79. The summed E-state index contributed by atoms with van der Waals surface area (Å²) in [7, 11) is -3.79. The lowest BCUT2D eigenvalue weighted by atomic mass is 10.2. The average Bonchev–Trinajstić information content (AvgIpc) is 2.28. The van der Waals surface area contributed by atoms with Crippen LogP contribution in [0.15, 0.2) is 29.2 Å². The fourth-order valence-electron chi connectivity index (χ4n) is 1.12. The molecular formula is C11H14N2O3S. The Balaban J connectivity index is 2.87. The van der Waals surface area contributed by atoms with Crippen LogP contribution >= 0.6 is 0 Å². The summed E-state index contributed by atoms with van der Waals surface area (Å²) in [6.45, 7) is 4.07. The third-order valence-corrected chi connectivity index (χ3v) is 3.15. The lowest BCUT2D eigenvalue weighted by Gasteiger charge is -2.09. The normalized spacial score (nSPS) is 11.4. The quantitative estimate of drug-likeness (QED) is 0.806. The Bertz CT molecular complexity index is 518. The van der Waals surface area contributed by atoms with Crippen LogP contribution in [0.1, 0.15) is 19.4 Å². The molecule has 0 aliphatic carbocycles. The molecule has 0 radical (unpaired) electrons. The summed E-state index contributed by atoms with van der Waals surface area (Å²) in [5.74, 6) is 0.212. The van der Waals surface area contributed by atoms with E-state index < -0.39 is 10.0 Å². The molecule has 0 fully saturated rings. The third-order valence-electron chi connectivity index (χ3n) is 1.88. The molecule has 0 atom stereocenters. The molecule has 0 saturated carbocycles. The molecule has 1 aromatic rings. The number of benzene rings is 1. The van der Waals surface area contributed by atoms with Gasteiger partial charge in [0.2, 0.25) is 0 Å². The molecule has 1 rings (SSSR count). The second-order valence-corrected chi connectivity index (χ2v) is 5.51. The first-order valence-corrected chi connectivity index (χ1v) is 6.58. The largest absolute Gasteiger partial charge is 0.287 e. The van der Waals surface area contributed by atoms with Gasteiger partial charge in [0.1, 0.15) is 11.0 Å². The monoisotopic (exact) mass is 254 g/mol. The van der Waals surface area contributed by atoms with Crippen LogP contribution in [0.3, 0.4) is 0 Å². The summed E-state index contributed by atoms with van der Waals surface area (Å²) in [6, 6.07) is 7.79. The number of nitrogens with one attached hydrogen (secondary N) is 1. The van der Waals surface area contributed by atoms with Crippen LogP contribution in [0.5, 0.6) is 0 Å². The summed E-state index contributed by atoms with van der Waals surface area (Å²) >= 11 is 0. The zero-order valence-corrected chi connectivity index (χ0v) is 10.5. The minimum Gasteiger partial charge on any atom is -0.287 e. The van der Waals surface area contributed by atoms with E-state index in [9.17, 15) is 8.42 Å². The summed E-state index contributed by atoms with van der Waals surface area (Å²) < 4.78 is 23.6. The first-order chi connectivity index (χ1) is 7.97. The highest BCUT2D eigenvalue weighted by Crippen LogP contribution is 2.13. The second kappa shape index (κ2) is 5.77. The van der Waals surface area contributed by atoms with Gasteiger partial charge in [0.15, 0.2) is 0 Å². The topological polar surface area (TPSA) is 79.2 Å². The Morgan fingerprint density at radius 3 is 2.65 bits per heavy atom. The van der Waals surface area contributed by atoms with Crippen LogP contribution in [0.25, 0.3) is 0 Å². The van der Waals surface area contributed by atoms with E-state index in [0.717, 1.165) is 0 Å². The van der Waals surface area contributed by atoms with E-state index in [4.69, 9.17) is 10.1 Å². The maximum absolute atomic E-state index is 11.8. The van der Waals surface area contributed by atoms with Gasteiger partial charge >= 0.3 is 0 Å². The molecule has 0 saturated heterocycles. The molecule has 0 spiro atoms. The molecule has 1 N–H and O–H groups in total.